The van der Waals surface area contributed by atoms with Crippen molar-refractivity contribution in [2.75, 3.05) is 6.54 Å². The lowest BCUT2D eigenvalue weighted by Crippen LogP contribution is -2.33. The molecule has 0 aliphatic carbocycles. The molecular formula is C19H16INO3. The zero-order valence-electron chi connectivity index (χ0n) is 13.0. The maximum absolute atomic E-state index is 12.4. The van der Waals surface area contributed by atoms with Gasteiger partial charge in [-0.25, -0.2) is 4.79 Å². The van der Waals surface area contributed by atoms with Crippen LogP contribution in [0.15, 0.2) is 51.7 Å². The van der Waals surface area contributed by atoms with Gasteiger partial charge in [0, 0.05) is 34.7 Å². The van der Waals surface area contributed by atoms with Crippen LogP contribution in [0.4, 0.5) is 0 Å². The van der Waals surface area contributed by atoms with E-state index in [1.54, 1.807) is 6.07 Å². The molecule has 1 aliphatic heterocycles. The Morgan fingerprint density at radius 1 is 1.12 bits per heavy atom. The largest absolute Gasteiger partial charge is 0.508 e. The van der Waals surface area contributed by atoms with Crippen molar-refractivity contribution >= 4 is 33.6 Å². The standard InChI is InChI=1S/C19H16INO3/c20-13-3-1-12(2-4-13)10-21-8-7-15-16-6-5-14(22)9-18(16)24-19(23)17(15)11-21/h1-6,9,22H,7-8,10-11H2/i20-4. The van der Waals surface area contributed by atoms with Gasteiger partial charge in [-0.3, -0.25) is 4.90 Å². The van der Waals surface area contributed by atoms with E-state index in [0.717, 1.165) is 36.0 Å². The molecule has 1 aliphatic rings. The lowest BCUT2D eigenvalue weighted by Gasteiger charge is -2.28. The fourth-order valence-electron chi connectivity index (χ4n) is 3.29. The van der Waals surface area contributed by atoms with Gasteiger partial charge in [-0.2, -0.15) is 0 Å². The van der Waals surface area contributed by atoms with Gasteiger partial charge in [0.1, 0.15) is 11.3 Å². The van der Waals surface area contributed by atoms with Gasteiger partial charge in [0.15, 0.2) is 0 Å². The average Bonchev–Trinajstić information content (AvgIpc) is 2.57. The summed E-state index contributed by atoms with van der Waals surface area (Å²) < 4.78 is 6.63. The van der Waals surface area contributed by atoms with Crippen LogP contribution in [-0.4, -0.2) is 16.6 Å². The Balaban J connectivity index is 1.66. The molecule has 5 heteroatoms. The highest BCUT2D eigenvalue weighted by Gasteiger charge is 2.22. The minimum absolute atomic E-state index is 0.113. The maximum Gasteiger partial charge on any atom is 0.341 e. The topological polar surface area (TPSA) is 53.7 Å². The number of aromatic hydroxyl groups is 1. The molecule has 0 saturated heterocycles. The molecule has 2 aromatic carbocycles. The number of phenolic OH excluding ortho intramolecular Hbond substituents is 1. The molecule has 1 N–H and O–H groups in total. The van der Waals surface area contributed by atoms with Crippen molar-refractivity contribution in [3.8, 4) is 5.75 Å². The number of nitrogens with zero attached hydrogens (tertiary/aromatic N) is 1. The molecule has 0 bridgehead atoms. The summed E-state index contributed by atoms with van der Waals surface area (Å²) in [5.74, 6) is 0.113. The number of hydrogen-bond donors (Lipinski definition) is 1. The van der Waals surface area contributed by atoms with Crippen LogP contribution in [0, 0.1) is 3.57 Å². The summed E-state index contributed by atoms with van der Waals surface area (Å²) in [6.45, 7) is 2.32. The second kappa shape index (κ2) is 6.22. The number of phenols is 1. The van der Waals surface area contributed by atoms with Crippen LogP contribution in [0.2, 0.25) is 0 Å². The SMILES string of the molecule is O=c1oc2cc(O)ccc2c2c1CN(Cc1ccc([123I])cc1)CC2. The zero-order valence-corrected chi connectivity index (χ0v) is 15.1. The van der Waals surface area contributed by atoms with Crippen LogP contribution in [0.25, 0.3) is 11.0 Å². The van der Waals surface area contributed by atoms with E-state index in [2.05, 4.69) is 51.8 Å². The molecule has 0 unspecified atom stereocenters. The molecule has 0 spiro atoms. The van der Waals surface area contributed by atoms with Crippen LogP contribution < -0.4 is 5.63 Å². The van der Waals surface area contributed by atoms with Crippen molar-refractivity contribution < 1.29 is 9.52 Å². The number of halogens is 1. The third kappa shape index (κ3) is 2.93. The summed E-state index contributed by atoms with van der Waals surface area (Å²) in [6, 6.07) is 13.4. The molecule has 122 valence electrons. The van der Waals surface area contributed by atoms with E-state index in [4.69, 9.17) is 4.42 Å². The zero-order chi connectivity index (χ0) is 16.7. The Morgan fingerprint density at radius 3 is 2.71 bits per heavy atom. The molecule has 3 aromatic rings. The predicted octanol–water partition coefficient (Wildman–Crippen LogP) is 3.66. The lowest BCUT2D eigenvalue weighted by molar-refractivity contribution is 0.241. The molecule has 0 atom stereocenters. The first-order chi connectivity index (χ1) is 11.6. The quantitative estimate of drug-likeness (QED) is 0.499. The second-order valence-corrected chi connectivity index (χ2v) is 7.36. The molecule has 0 saturated carbocycles. The van der Waals surface area contributed by atoms with E-state index in [1.165, 1.54) is 15.2 Å². The first kappa shape index (κ1) is 15.7. The van der Waals surface area contributed by atoms with Crippen LogP contribution in [0.1, 0.15) is 16.7 Å². The monoisotopic (exact) mass is 429 g/mol. The van der Waals surface area contributed by atoms with Crippen LogP contribution in [0.3, 0.4) is 0 Å². The lowest BCUT2D eigenvalue weighted by atomic mass is 9.97. The Hall–Kier alpha value is -1.86. The number of rotatable bonds is 2. The molecule has 0 radical (unpaired) electrons. The fourth-order valence-corrected chi connectivity index (χ4v) is 3.65. The van der Waals surface area contributed by atoms with E-state index in [9.17, 15) is 9.90 Å². The van der Waals surface area contributed by atoms with Crippen molar-refractivity contribution in [2.24, 2.45) is 0 Å². The van der Waals surface area contributed by atoms with Crippen molar-refractivity contribution in [3.05, 3.63) is 73.1 Å². The van der Waals surface area contributed by atoms with Gasteiger partial charge in [-0.15, -0.1) is 0 Å². The Labute approximate surface area is 152 Å². The molecule has 0 amide bonds. The minimum Gasteiger partial charge on any atom is -0.508 e. The fraction of sp³-hybridized carbons (Fsp3) is 0.211. The van der Waals surface area contributed by atoms with E-state index in [-0.39, 0.29) is 11.4 Å². The predicted molar refractivity (Wildman–Crippen MR) is 101 cm³/mol. The summed E-state index contributed by atoms with van der Waals surface area (Å²) >= 11 is 2.30. The third-order valence-electron chi connectivity index (χ3n) is 4.48. The van der Waals surface area contributed by atoms with Crippen molar-refractivity contribution in [2.45, 2.75) is 19.5 Å². The Bertz CT molecular complexity index is 963. The Morgan fingerprint density at radius 2 is 1.92 bits per heavy atom. The smallest absolute Gasteiger partial charge is 0.341 e. The summed E-state index contributed by atoms with van der Waals surface area (Å²) in [7, 11) is 0. The summed E-state index contributed by atoms with van der Waals surface area (Å²) in [5.41, 5.74) is 3.21. The number of fused-ring (bicyclic) bond motifs is 3. The minimum atomic E-state index is -0.296. The highest BCUT2D eigenvalue weighted by Crippen LogP contribution is 2.28. The highest BCUT2D eigenvalue weighted by atomic mass is 123. The molecule has 4 nitrogen and oxygen atoms in total. The van der Waals surface area contributed by atoms with Crippen LogP contribution in [0.5, 0.6) is 5.75 Å². The van der Waals surface area contributed by atoms with Crippen LogP contribution >= 0.6 is 22.6 Å². The average molecular weight is 429 g/mol. The second-order valence-electron chi connectivity index (χ2n) is 6.11. The van der Waals surface area contributed by atoms with Gasteiger partial charge < -0.3 is 9.52 Å². The van der Waals surface area contributed by atoms with Gasteiger partial charge in [0.25, 0.3) is 0 Å². The Kier molecular flexibility index (Phi) is 4.05. The van der Waals surface area contributed by atoms with Gasteiger partial charge in [-0.1, -0.05) is 12.1 Å². The maximum atomic E-state index is 12.4. The summed E-state index contributed by atoms with van der Waals surface area (Å²) in [6.07, 6.45) is 0.812. The van der Waals surface area contributed by atoms with Gasteiger partial charge in [-0.05, 0) is 64.4 Å². The molecular weight excluding hydrogens is 413 g/mol. The summed E-state index contributed by atoms with van der Waals surface area (Å²) in [4.78, 5) is 14.6. The molecule has 0 fully saturated rings. The summed E-state index contributed by atoms with van der Waals surface area (Å²) in [5, 5.41) is 10.5. The van der Waals surface area contributed by atoms with Gasteiger partial charge in [0.2, 0.25) is 0 Å². The van der Waals surface area contributed by atoms with E-state index in [1.807, 2.05) is 6.07 Å². The molecule has 4 rings (SSSR count). The van der Waals surface area contributed by atoms with Gasteiger partial charge >= 0.3 is 5.63 Å². The van der Waals surface area contributed by atoms with E-state index < -0.39 is 0 Å². The van der Waals surface area contributed by atoms with Gasteiger partial charge in [0.05, 0.1) is 5.56 Å². The van der Waals surface area contributed by atoms with Crippen molar-refractivity contribution in [1.29, 1.82) is 0 Å². The van der Waals surface area contributed by atoms with Crippen molar-refractivity contribution in [3.63, 3.8) is 0 Å². The first-order valence-electron chi connectivity index (χ1n) is 7.84. The van der Waals surface area contributed by atoms with E-state index >= 15 is 0 Å². The number of benzene rings is 2. The third-order valence-corrected chi connectivity index (χ3v) is 5.20. The van der Waals surface area contributed by atoms with Crippen LogP contribution in [-0.2, 0) is 19.5 Å². The highest BCUT2D eigenvalue weighted by molar-refractivity contribution is 14.1. The molecule has 24 heavy (non-hydrogen) atoms. The van der Waals surface area contributed by atoms with Crippen molar-refractivity contribution in [1.82, 2.24) is 4.90 Å². The number of hydrogen-bond acceptors (Lipinski definition) is 4. The van der Waals surface area contributed by atoms with E-state index in [0.29, 0.717) is 12.1 Å². The normalized spacial score (nSPS) is 14.7. The molecule has 1 aromatic heterocycles. The molecule has 2 heterocycles. The first-order valence-corrected chi connectivity index (χ1v) is 8.92.